The number of hydrogen-bond acceptors (Lipinski definition) is 2. The Balaban J connectivity index is 2.37. The van der Waals surface area contributed by atoms with Crippen molar-refractivity contribution < 1.29 is 9.90 Å². The smallest absolute Gasteiger partial charge is 0.319 e. The summed E-state index contributed by atoms with van der Waals surface area (Å²) in [5, 5.41) is 15.0. The van der Waals surface area contributed by atoms with E-state index in [0.29, 0.717) is 17.3 Å². The van der Waals surface area contributed by atoms with Crippen LogP contribution < -0.4 is 10.6 Å². The Labute approximate surface area is 119 Å². The number of aliphatic hydroxyl groups excluding tert-OH is 1. The number of benzene rings is 1. The van der Waals surface area contributed by atoms with E-state index in [-0.39, 0.29) is 18.1 Å². The quantitative estimate of drug-likeness (QED) is 0.751. The number of anilines is 1. The van der Waals surface area contributed by atoms with Crippen LogP contribution in [0.4, 0.5) is 10.5 Å². The lowest BCUT2D eigenvalue weighted by atomic mass is 9.88. The minimum Gasteiger partial charge on any atom is -0.396 e. The average molecular weight is 285 g/mol. The van der Waals surface area contributed by atoms with Crippen LogP contribution in [0, 0.1) is 5.41 Å². The van der Waals surface area contributed by atoms with Gasteiger partial charge in [-0.25, -0.2) is 4.79 Å². The summed E-state index contributed by atoms with van der Waals surface area (Å²) in [4.78, 5) is 11.7. The average Bonchev–Trinajstić information content (AvgIpc) is 2.37. The summed E-state index contributed by atoms with van der Waals surface area (Å²) in [6.45, 7) is 4.86. The van der Waals surface area contributed by atoms with Gasteiger partial charge in [-0.1, -0.05) is 25.4 Å². The van der Waals surface area contributed by atoms with Crippen molar-refractivity contribution in [1.29, 1.82) is 0 Å². The normalized spacial score (nSPS) is 11.2. The van der Waals surface area contributed by atoms with Gasteiger partial charge in [-0.05, 0) is 42.5 Å². The largest absolute Gasteiger partial charge is 0.396 e. The first-order valence-electron chi connectivity index (χ1n) is 6.34. The highest BCUT2D eigenvalue weighted by Crippen LogP contribution is 2.20. The van der Waals surface area contributed by atoms with E-state index < -0.39 is 0 Å². The Morgan fingerprint density at radius 2 is 1.95 bits per heavy atom. The number of rotatable bonds is 6. The van der Waals surface area contributed by atoms with Crippen molar-refractivity contribution in [1.82, 2.24) is 5.32 Å². The first-order valence-corrected chi connectivity index (χ1v) is 6.72. The molecule has 0 atom stereocenters. The minimum absolute atomic E-state index is 0.0277. The van der Waals surface area contributed by atoms with Crippen molar-refractivity contribution in [3.8, 4) is 0 Å². The lowest BCUT2D eigenvalue weighted by Crippen LogP contribution is -2.36. The molecule has 106 valence electrons. The summed E-state index contributed by atoms with van der Waals surface area (Å²) >= 11 is 5.77. The maximum absolute atomic E-state index is 11.7. The second-order valence-electron chi connectivity index (χ2n) is 5.31. The van der Waals surface area contributed by atoms with Crippen molar-refractivity contribution in [2.24, 2.45) is 5.41 Å². The molecular formula is C14H21ClN2O2. The molecule has 0 saturated carbocycles. The van der Waals surface area contributed by atoms with Crippen LogP contribution in [0.2, 0.25) is 5.02 Å². The van der Waals surface area contributed by atoms with Crippen LogP contribution in [0.5, 0.6) is 0 Å². The van der Waals surface area contributed by atoms with Crippen LogP contribution in [-0.4, -0.2) is 24.3 Å². The highest BCUT2D eigenvalue weighted by Gasteiger charge is 2.18. The number of carbonyl (C=O) groups is 1. The number of carbonyl (C=O) groups excluding carboxylic acids is 1. The van der Waals surface area contributed by atoms with E-state index in [4.69, 9.17) is 16.7 Å². The maximum atomic E-state index is 11.7. The molecule has 0 saturated heterocycles. The molecule has 0 heterocycles. The van der Waals surface area contributed by atoms with Gasteiger partial charge in [-0.3, -0.25) is 0 Å². The number of urea groups is 1. The fourth-order valence-corrected chi connectivity index (χ4v) is 1.80. The fourth-order valence-electron chi connectivity index (χ4n) is 1.67. The summed E-state index contributed by atoms with van der Waals surface area (Å²) in [5.74, 6) is 0. The van der Waals surface area contributed by atoms with Crippen molar-refractivity contribution in [3.05, 3.63) is 29.3 Å². The summed E-state index contributed by atoms with van der Waals surface area (Å²) < 4.78 is 0. The van der Waals surface area contributed by atoms with E-state index in [9.17, 15) is 4.79 Å². The molecule has 19 heavy (non-hydrogen) atoms. The summed E-state index contributed by atoms with van der Waals surface area (Å²) in [7, 11) is 0. The van der Waals surface area contributed by atoms with Crippen molar-refractivity contribution in [2.75, 3.05) is 18.5 Å². The molecule has 1 aromatic carbocycles. The van der Waals surface area contributed by atoms with Crippen molar-refractivity contribution in [2.45, 2.75) is 26.7 Å². The van der Waals surface area contributed by atoms with Crippen LogP contribution >= 0.6 is 11.6 Å². The molecule has 1 aromatic rings. The molecule has 0 aliphatic rings. The van der Waals surface area contributed by atoms with Gasteiger partial charge in [-0.2, -0.15) is 0 Å². The molecule has 0 aliphatic heterocycles. The lowest BCUT2D eigenvalue weighted by Gasteiger charge is -2.24. The van der Waals surface area contributed by atoms with Gasteiger partial charge in [0.25, 0.3) is 0 Å². The molecule has 5 heteroatoms. The van der Waals surface area contributed by atoms with Crippen LogP contribution in [-0.2, 0) is 0 Å². The third kappa shape index (κ3) is 6.45. The summed E-state index contributed by atoms with van der Waals surface area (Å²) in [5.41, 5.74) is 0.676. The van der Waals surface area contributed by atoms with Gasteiger partial charge < -0.3 is 15.7 Å². The molecule has 0 aliphatic carbocycles. The van der Waals surface area contributed by atoms with Crippen LogP contribution in [0.25, 0.3) is 0 Å². The molecule has 0 aromatic heterocycles. The van der Waals surface area contributed by atoms with Gasteiger partial charge in [-0.15, -0.1) is 0 Å². The van der Waals surface area contributed by atoms with Gasteiger partial charge in [0.1, 0.15) is 0 Å². The van der Waals surface area contributed by atoms with E-state index >= 15 is 0 Å². The van der Waals surface area contributed by atoms with E-state index in [0.717, 1.165) is 12.8 Å². The first kappa shape index (κ1) is 15.8. The van der Waals surface area contributed by atoms with Gasteiger partial charge in [0.05, 0.1) is 0 Å². The predicted octanol–water partition coefficient (Wildman–Crippen LogP) is 3.26. The van der Waals surface area contributed by atoms with Gasteiger partial charge in [0.15, 0.2) is 0 Å². The number of nitrogens with one attached hydrogen (secondary N) is 2. The molecule has 4 nitrogen and oxygen atoms in total. The van der Waals surface area contributed by atoms with Gasteiger partial charge in [0.2, 0.25) is 0 Å². The van der Waals surface area contributed by atoms with Crippen molar-refractivity contribution in [3.63, 3.8) is 0 Å². The predicted molar refractivity (Wildman–Crippen MR) is 78.6 cm³/mol. The SMILES string of the molecule is CC(C)(CCCO)CNC(=O)Nc1ccc(Cl)cc1. The Bertz CT molecular complexity index is 404. The Hall–Kier alpha value is -1.26. The third-order valence-corrected chi connectivity index (χ3v) is 3.09. The van der Waals surface area contributed by atoms with Gasteiger partial charge >= 0.3 is 6.03 Å². The van der Waals surface area contributed by atoms with Crippen LogP contribution in [0.1, 0.15) is 26.7 Å². The number of aliphatic hydroxyl groups is 1. The topological polar surface area (TPSA) is 61.4 Å². The minimum atomic E-state index is -0.237. The molecule has 0 radical (unpaired) electrons. The molecule has 2 amide bonds. The molecule has 0 bridgehead atoms. The summed E-state index contributed by atoms with van der Waals surface area (Å²) in [6.07, 6.45) is 1.61. The van der Waals surface area contributed by atoms with Crippen LogP contribution in [0.15, 0.2) is 24.3 Å². The zero-order valence-corrected chi connectivity index (χ0v) is 12.1. The van der Waals surface area contributed by atoms with Crippen LogP contribution in [0.3, 0.4) is 0 Å². The number of amides is 2. The Morgan fingerprint density at radius 1 is 1.32 bits per heavy atom. The zero-order valence-electron chi connectivity index (χ0n) is 11.4. The molecule has 3 N–H and O–H groups in total. The van der Waals surface area contributed by atoms with E-state index in [2.05, 4.69) is 24.5 Å². The third-order valence-electron chi connectivity index (χ3n) is 2.84. The maximum Gasteiger partial charge on any atom is 0.319 e. The van der Waals surface area contributed by atoms with E-state index in [1.807, 2.05) is 0 Å². The van der Waals surface area contributed by atoms with Gasteiger partial charge in [0, 0.05) is 23.9 Å². The molecule has 0 unspecified atom stereocenters. The Morgan fingerprint density at radius 3 is 2.53 bits per heavy atom. The molecule has 1 rings (SSSR count). The second-order valence-corrected chi connectivity index (χ2v) is 5.74. The Kier molecular flexibility index (Phi) is 6.12. The van der Waals surface area contributed by atoms with Crippen molar-refractivity contribution >= 4 is 23.3 Å². The standard InChI is InChI=1S/C14H21ClN2O2/c1-14(2,8-3-9-18)10-16-13(19)17-12-6-4-11(15)5-7-12/h4-7,18H,3,8-10H2,1-2H3,(H2,16,17,19). The summed E-state index contributed by atoms with van der Waals surface area (Å²) in [6, 6.07) is 6.71. The number of halogens is 1. The highest BCUT2D eigenvalue weighted by atomic mass is 35.5. The molecule has 0 fully saturated rings. The molecule has 0 spiro atoms. The second kappa shape index (κ2) is 7.36. The zero-order chi connectivity index (χ0) is 14.3. The lowest BCUT2D eigenvalue weighted by molar-refractivity contribution is 0.227. The molecular weight excluding hydrogens is 264 g/mol. The first-order chi connectivity index (χ1) is 8.93. The highest BCUT2D eigenvalue weighted by molar-refractivity contribution is 6.30. The number of hydrogen-bond donors (Lipinski definition) is 3. The van der Waals surface area contributed by atoms with E-state index in [1.54, 1.807) is 24.3 Å². The van der Waals surface area contributed by atoms with E-state index in [1.165, 1.54) is 0 Å². The monoisotopic (exact) mass is 284 g/mol. The fraction of sp³-hybridized carbons (Fsp3) is 0.500.